The van der Waals surface area contributed by atoms with Gasteiger partial charge in [0.25, 0.3) is 0 Å². The van der Waals surface area contributed by atoms with E-state index in [0.29, 0.717) is 6.54 Å². The van der Waals surface area contributed by atoms with Crippen molar-refractivity contribution in [1.82, 2.24) is 25.0 Å². The number of urea groups is 1. The monoisotopic (exact) mass is 285 g/mol. The minimum atomic E-state index is -0.0576. The maximum atomic E-state index is 11.3. The van der Waals surface area contributed by atoms with E-state index in [-0.39, 0.29) is 11.6 Å². The van der Waals surface area contributed by atoms with Crippen LogP contribution in [-0.2, 0) is 5.54 Å². The zero-order valence-electron chi connectivity index (χ0n) is 12.3. The molecular weight excluding hydrogens is 262 g/mol. The molecule has 0 aliphatic rings. The second kappa shape index (κ2) is 6.79. The molecule has 0 aliphatic heterocycles. The molecule has 0 spiro atoms. The standard InChI is InChI=1S/C12H23N5OS/c1-12(2,3)17-11(14-9-15-17)19-8-6-7-13-10(18)16(4)5/h9H,6-8H2,1-5H3,(H,13,18). The lowest BCUT2D eigenvalue weighted by molar-refractivity contribution is 0.217. The van der Waals surface area contributed by atoms with E-state index in [0.717, 1.165) is 17.3 Å². The molecule has 108 valence electrons. The number of nitrogens with zero attached hydrogens (tertiary/aromatic N) is 4. The van der Waals surface area contributed by atoms with Crippen LogP contribution in [-0.4, -0.2) is 52.1 Å². The Morgan fingerprint density at radius 3 is 2.74 bits per heavy atom. The molecule has 0 aliphatic carbocycles. The largest absolute Gasteiger partial charge is 0.338 e. The molecule has 0 fully saturated rings. The molecule has 1 rings (SSSR count). The molecular formula is C12H23N5OS. The van der Waals surface area contributed by atoms with Crippen LogP contribution in [0.4, 0.5) is 4.79 Å². The van der Waals surface area contributed by atoms with Gasteiger partial charge in [-0.2, -0.15) is 5.10 Å². The maximum Gasteiger partial charge on any atom is 0.316 e. The highest BCUT2D eigenvalue weighted by molar-refractivity contribution is 7.99. The van der Waals surface area contributed by atoms with Crippen LogP contribution in [0.25, 0.3) is 0 Å². The molecule has 2 amide bonds. The number of carbonyl (C=O) groups is 1. The summed E-state index contributed by atoms with van der Waals surface area (Å²) in [7, 11) is 3.46. The third-order valence-corrected chi connectivity index (χ3v) is 3.42. The van der Waals surface area contributed by atoms with Gasteiger partial charge in [0.1, 0.15) is 6.33 Å². The zero-order valence-corrected chi connectivity index (χ0v) is 13.1. The van der Waals surface area contributed by atoms with E-state index < -0.39 is 0 Å². The Balaban J connectivity index is 2.31. The zero-order chi connectivity index (χ0) is 14.5. The summed E-state index contributed by atoms with van der Waals surface area (Å²) >= 11 is 1.67. The van der Waals surface area contributed by atoms with Gasteiger partial charge in [-0.1, -0.05) is 11.8 Å². The van der Waals surface area contributed by atoms with Crippen LogP contribution in [0, 0.1) is 0 Å². The van der Waals surface area contributed by atoms with Gasteiger partial charge in [0.2, 0.25) is 0 Å². The van der Waals surface area contributed by atoms with E-state index in [4.69, 9.17) is 0 Å². The minimum absolute atomic E-state index is 0.0529. The van der Waals surface area contributed by atoms with Crippen molar-refractivity contribution in [2.45, 2.75) is 37.9 Å². The number of amides is 2. The Morgan fingerprint density at radius 2 is 2.16 bits per heavy atom. The van der Waals surface area contributed by atoms with Gasteiger partial charge in [0.15, 0.2) is 5.16 Å². The minimum Gasteiger partial charge on any atom is -0.338 e. The second-order valence-electron chi connectivity index (χ2n) is 5.45. The Kier molecular flexibility index (Phi) is 5.65. The molecule has 0 bridgehead atoms. The highest BCUT2D eigenvalue weighted by atomic mass is 32.2. The molecule has 6 nitrogen and oxygen atoms in total. The first kappa shape index (κ1) is 15.8. The summed E-state index contributed by atoms with van der Waals surface area (Å²) in [5.74, 6) is 0.905. The van der Waals surface area contributed by atoms with Gasteiger partial charge >= 0.3 is 6.03 Å². The van der Waals surface area contributed by atoms with Crippen molar-refractivity contribution in [2.75, 3.05) is 26.4 Å². The van der Waals surface area contributed by atoms with Crippen molar-refractivity contribution in [3.8, 4) is 0 Å². The molecule has 7 heteroatoms. The number of carbonyl (C=O) groups excluding carboxylic acids is 1. The number of aromatic nitrogens is 3. The Hall–Kier alpha value is -1.24. The molecule has 0 aromatic carbocycles. The lowest BCUT2D eigenvalue weighted by Crippen LogP contribution is -2.35. The highest BCUT2D eigenvalue weighted by Crippen LogP contribution is 2.22. The SMILES string of the molecule is CN(C)C(=O)NCCCSc1ncnn1C(C)(C)C. The number of rotatable bonds is 5. The van der Waals surface area contributed by atoms with Crippen molar-refractivity contribution < 1.29 is 4.79 Å². The van der Waals surface area contributed by atoms with Crippen LogP contribution in [0.1, 0.15) is 27.2 Å². The second-order valence-corrected chi connectivity index (χ2v) is 6.52. The van der Waals surface area contributed by atoms with Crippen molar-refractivity contribution in [2.24, 2.45) is 0 Å². The van der Waals surface area contributed by atoms with Crippen molar-refractivity contribution in [1.29, 1.82) is 0 Å². The third kappa shape index (κ3) is 5.10. The van der Waals surface area contributed by atoms with Gasteiger partial charge in [0, 0.05) is 26.4 Å². The van der Waals surface area contributed by atoms with Gasteiger partial charge in [-0.25, -0.2) is 14.5 Å². The number of hydrogen-bond donors (Lipinski definition) is 1. The number of thioether (sulfide) groups is 1. The molecule has 1 aromatic rings. The quantitative estimate of drug-likeness (QED) is 0.662. The number of nitrogens with one attached hydrogen (secondary N) is 1. The van der Waals surface area contributed by atoms with E-state index in [1.807, 2.05) is 4.68 Å². The normalized spacial score (nSPS) is 11.4. The van der Waals surface area contributed by atoms with Crippen LogP contribution >= 0.6 is 11.8 Å². The van der Waals surface area contributed by atoms with Crippen LogP contribution in [0.2, 0.25) is 0 Å². The van der Waals surface area contributed by atoms with E-state index in [2.05, 4.69) is 36.2 Å². The molecule has 0 saturated heterocycles. The molecule has 1 aromatic heterocycles. The fourth-order valence-electron chi connectivity index (χ4n) is 1.38. The van der Waals surface area contributed by atoms with Gasteiger partial charge in [-0.05, 0) is 27.2 Å². The number of hydrogen-bond acceptors (Lipinski definition) is 4. The molecule has 1 heterocycles. The summed E-state index contributed by atoms with van der Waals surface area (Å²) in [6.07, 6.45) is 2.49. The highest BCUT2D eigenvalue weighted by Gasteiger charge is 2.18. The fourth-order valence-corrected chi connectivity index (χ4v) is 2.41. The topological polar surface area (TPSA) is 63.1 Å². The average molecular weight is 285 g/mol. The Morgan fingerprint density at radius 1 is 1.47 bits per heavy atom. The summed E-state index contributed by atoms with van der Waals surface area (Å²) in [5, 5.41) is 8.01. The van der Waals surface area contributed by atoms with Gasteiger partial charge in [-0.15, -0.1) is 0 Å². The van der Waals surface area contributed by atoms with Crippen LogP contribution < -0.4 is 5.32 Å². The van der Waals surface area contributed by atoms with Gasteiger partial charge in [0.05, 0.1) is 5.54 Å². The van der Waals surface area contributed by atoms with Crippen molar-refractivity contribution >= 4 is 17.8 Å². The first-order valence-corrected chi connectivity index (χ1v) is 7.29. The summed E-state index contributed by atoms with van der Waals surface area (Å²) < 4.78 is 1.93. The first-order valence-electron chi connectivity index (χ1n) is 6.31. The van der Waals surface area contributed by atoms with Crippen molar-refractivity contribution in [3.63, 3.8) is 0 Å². The lowest BCUT2D eigenvalue weighted by atomic mass is 10.1. The van der Waals surface area contributed by atoms with E-state index >= 15 is 0 Å². The maximum absolute atomic E-state index is 11.3. The van der Waals surface area contributed by atoms with Gasteiger partial charge in [-0.3, -0.25) is 0 Å². The summed E-state index contributed by atoms with van der Waals surface area (Å²) in [6, 6.07) is -0.0529. The molecule has 19 heavy (non-hydrogen) atoms. The van der Waals surface area contributed by atoms with Crippen LogP contribution in [0.15, 0.2) is 11.5 Å². The molecule has 0 saturated carbocycles. The average Bonchev–Trinajstić information content (AvgIpc) is 2.76. The summed E-state index contributed by atoms with van der Waals surface area (Å²) in [4.78, 5) is 17.1. The predicted octanol–water partition coefficient (Wildman–Crippen LogP) is 1.79. The Bertz CT molecular complexity index is 410. The van der Waals surface area contributed by atoms with Gasteiger partial charge < -0.3 is 10.2 Å². The molecule has 0 unspecified atom stereocenters. The van der Waals surface area contributed by atoms with E-state index in [1.165, 1.54) is 4.90 Å². The van der Waals surface area contributed by atoms with Crippen LogP contribution in [0.5, 0.6) is 0 Å². The summed E-state index contributed by atoms with van der Waals surface area (Å²) in [5.41, 5.74) is -0.0576. The fraction of sp³-hybridized carbons (Fsp3) is 0.750. The smallest absolute Gasteiger partial charge is 0.316 e. The third-order valence-electron chi connectivity index (χ3n) is 2.39. The lowest BCUT2D eigenvalue weighted by Gasteiger charge is -2.20. The molecule has 0 atom stereocenters. The first-order chi connectivity index (χ1) is 8.82. The van der Waals surface area contributed by atoms with E-state index in [9.17, 15) is 4.79 Å². The van der Waals surface area contributed by atoms with E-state index in [1.54, 1.807) is 32.2 Å². The predicted molar refractivity (Wildman–Crippen MR) is 77.4 cm³/mol. The Labute approximate surface area is 119 Å². The molecule has 0 radical (unpaired) electrons. The van der Waals surface area contributed by atoms with Crippen LogP contribution in [0.3, 0.4) is 0 Å². The molecule has 1 N–H and O–H groups in total. The van der Waals surface area contributed by atoms with Crippen molar-refractivity contribution in [3.05, 3.63) is 6.33 Å². The summed E-state index contributed by atoms with van der Waals surface area (Å²) in [6.45, 7) is 6.98.